The highest BCUT2D eigenvalue weighted by Crippen LogP contribution is 2.33. The molecular weight excluding hydrogens is 268 g/mol. The zero-order valence-corrected chi connectivity index (χ0v) is 12.4. The lowest BCUT2D eigenvalue weighted by Crippen LogP contribution is -1.94. The minimum absolute atomic E-state index is 0.616. The number of hydrogen-bond donors (Lipinski definition) is 0. The van der Waals surface area contributed by atoms with Crippen LogP contribution in [0.2, 0.25) is 0 Å². The van der Waals surface area contributed by atoms with Crippen LogP contribution >= 0.6 is 11.3 Å². The molecule has 0 aliphatic carbocycles. The van der Waals surface area contributed by atoms with Gasteiger partial charge in [-0.15, -0.1) is 11.3 Å². The number of carbonyl (C=O) groups excluding carboxylic acids is 1. The summed E-state index contributed by atoms with van der Waals surface area (Å²) >= 11 is 1.66. The monoisotopic (exact) mass is 284 g/mol. The topological polar surface area (TPSA) is 34.4 Å². The van der Waals surface area contributed by atoms with Crippen molar-refractivity contribution in [2.45, 2.75) is 26.7 Å². The van der Waals surface area contributed by atoms with Crippen LogP contribution in [0.1, 0.15) is 34.8 Å². The maximum absolute atomic E-state index is 11.2. The molecule has 0 atom stereocenters. The maximum Gasteiger partial charge on any atom is 0.194 e. The Bertz CT molecular complexity index is 753. The lowest BCUT2D eigenvalue weighted by molar-refractivity contribution is 0.111. The Kier molecular flexibility index (Phi) is 3.40. The molecule has 3 rings (SSSR count). The predicted octanol–water partition coefficient (Wildman–Crippen LogP) is 4.00. The van der Waals surface area contributed by atoms with E-state index in [2.05, 4.69) is 43.1 Å². The van der Waals surface area contributed by atoms with Gasteiger partial charge >= 0.3 is 0 Å². The van der Waals surface area contributed by atoms with Gasteiger partial charge in [-0.25, -0.2) is 4.98 Å². The van der Waals surface area contributed by atoms with Gasteiger partial charge in [0, 0.05) is 4.88 Å². The number of nitrogens with zero attached hydrogens (tertiary/aromatic N) is 2. The lowest BCUT2D eigenvalue weighted by Gasteiger charge is -2.06. The largest absolute Gasteiger partial charge is 0.296 e. The van der Waals surface area contributed by atoms with Crippen LogP contribution in [0.4, 0.5) is 0 Å². The number of benzene rings is 1. The van der Waals surface area contributed by atoms with Gasteiger partial charge in [-0.1, -0.05) is 38.1 Å². The Morgan fingerprint density at radius 3 is 2.55 bits per heavy atom. The number of carbonyl (C=O) groups is 1. The van der Waals surface area contributed by atoms with Gasteiger partial charge in [0.1, 0.15) is 5.69 Å². The summed E-state index contributed by atoms with van der Waals surface area (Å²) in [5.74, 6) is 0. The van der Waals surface area contributed by atoms with Crippen molar-refractivity contribution in [2.24, 2.45) is 0 Å². The number of imidazole rings is 1. The van der Waals surface area contributed by atoms with Crippen LogP contribution in [-0.4, -0.2) is 15.7 Å². The van der Waals surface area contributed by atoms with Gasteiger partial charge in [0.2, 0.25) is 0 Å². The number of fused-ring (bicyclic) bond motifs is 1. The van der Waals surface area contributed by atoms with Crippen molar-refractivity contribution >= 4 is 22.6 Å². The van der Waals surface area contributed by atoms with Crippen LogP contribution in [0.15, 0.2) is 30.5 Å². The van der Waals surface area contributed by atoms with Crippen LogP contribution in [-0.2, 0) is 12.8 Å². The molecule has 0 saturated carbocycles. The van der Waals surface area contributed by atoms with E-state index in [0.29, 0.717) is 5.69 Å². The van der Waals surface area contributed by atoms with Crippen molar-refractivity contribution in [1.82, 2.24) is 9.38 Å². The van der Waals surface area contributed by atoms with E-state index in [4.69, 9.17) is 0 Å². The summed E-state index contributed by atoms with van der Waals surface area (Å²) in [6.07, 6.45) is 4.49. The maximum atomic E-state index is 11.2. The summed E-state index contributed by atoms with van der Waals surface area (Å²) in [5, 5.41) is 0. The first-order chi connectivity index (χ1) is 9.78. The van der Waals surface area contributed by atoms with Gasteiger partial charge in [0.25, 0.3) is 0 Å². The number of hydrogen-bond acceptors (Lipinski definition) is 3. The number of rotatable bonds is 4. The first kappa shape index (κ1) is 13.1. The van der Waals surface area contributed by atoms with Crippen LogP contribution < -0.4 is 0 Å². The second-order valence-corrected chi connectivity index (χ2v) is 5.76. The third kappa shape index (κ3) is 1.96. The minimum Gasteiger partial charge on any atom is -0.296 e. The lowest BCUT2D eigenvalue weighted by atomic mass is 10.1. The third-order valence-corrected chi connectivity index (χ3v) is 4.74. The van der Waals surface area contributed by atoms with Crippen molar-refractivity contribution in [1.29, 1.82) is 0 Å². The van der Waals surface area contributed by atoms with E-state index in [9.17, 15) is 4.79 Å². The fourth-order valence-electron chi connectivity index (χ4n) is 2.44. The van der Waals surface area contributed by atoms with Gasteiger partial charge in [0.05, 0.1) is 11.9 Å². The molecule has 2 aromatic heterocycles. The number of aldehydes is 1. The minimum atomic E-state index is 0.616. The Hall–Kier alpha value is -1.94. The molecule has 0 spiro atoms. The first-order valence-electron chi connectivity index (χ1n) is 6.82. The standard InChI is InChI=1S/C16H16N2OS/c1-3-11-5-7-12(8-6-11)15-14(4-2)20-16-17-9-13(10-19)18(15)16/h5-10H,3-4H2,1-2H3. The summed E-state index contributed by atoms with van der Waals surface area (Å²) in [4.78, 5) is 17.7. The van der Waals surface area contributed by atoms with Crippen molar-refractivity contribution in [2.75, 3.05) is 0 Å². The summed E-state index contributed by atoms with van der Waals surface area (Å²) in [5.41, 5.74) is 4.19. The smallest absolute Gasteiger partial charge is 0.194 e. The van der Waals surface area contributed by atoms with Crippen molar-refractivity contribution < 1.29 is 4.79 Å². The molecule has 0 saturated heterocycles. The Balaban J connectivity index is 2.26. The second-order valence-electron chi connectivity index (χ2n) is 4.70. The van der Waals surface area contributed by atoms with Gasteiger partial charge in [0.15, 0.2) is 11.2 Å². The average Bonchev–Trinajstić information content (AvgIpc) is 3.05. The van der Waals surface area contributed by atoms with Crippen LogP contribution in [0.3, 0.4) is 0 Å². The quantitative estimate of drug-likeness (QED) is 0.679. The summed E-state index contributed by atoms with van der Waals surface area (Å²) in [7, 11) is 0. The molecule has 0 aliphatic rings. The number of aryl methyl sites for hydroxylation is 2. The van der Waals surface area contributed by atoms with E-state index < -0.39 is 0 Å². The molecule has 4 heteroatoms. The molecular formula is C16H16N2OS. The molecule has 1 aromatic carbocycles. The zero-order chi connectivity index (χ0) is 14.1. The normalized spacial score (nSPS) is 11.1. The van der Waals surface area contributed by atoms with Crippen molar-refractivity contribution in [3.8, 4) is 11.3 Å². The Morgan fingerprint density at radius 1 is 1.20 bits per heavy atom. The molecule has 0 aliphatic heterocycles. The van der Waals surface area contributed by atoms with E-state index in [1.54, 1.807) is 17.5 Å². The molecule has 102 valence electrons. The molecule has 2 heterocycles. The van der Waals surface area contributed by atoms with E-state index in [1.807, 2.05) is 4.40 Å². The molecule has 0 bridgehead atoms. The summed E-state index contributed by atoms with van der Waals surface area (Å²) < 4.78 is 1.97. The van der Waals surface area contributed by atoms with E-state index in [0.717, 1.165) is 35.3 Å². The third-order valence-electron chi connectivity index (χ3n) is 3.54. The van der Waals surface area contributed by atoms with Crippen LogP contribution in [0, 0.1) is 0 Å². The van der Waals surface area contributed by atoms with Gasteiger partial charge in [-0.3, -0.25) is 9.20 Å². The molecule has 0 amide bonds. The van der Waals surface area contributed by atoms with Gasteiger partial charge in [-0.2, -0.15) is 0 Å². The molecule has 0 radical (unpaired) electrons. The molecule has 3 aromatic rings. The molecule has 20 heavy (non-hydrogen) atoms. The zero-order valence-electron chi connectivity index (χ0n) is 11.6. The van der Waals surface area contributed by atoms with Crippen molar-refractivity contribution in [3.05, 3.63) is 46.6 Å². The summed E-state index contributed by atoms with van der Waals surface area (Å²) in [6, 6.07) is 8.56. The van der Waals surface area contributed by atoms with Gasteiger partial charge in [-0.05, 0) is 24.0 Å². The first-order valence-corrected chi connectivity index (χ1v) is 7.63. The SMILES string of the molecule is CCc1ccc(-c2c(CC)sc3ncc(C=O)n23)cc1. The fourth-order valence-corrected chi connectivity index (χ4v) is 3.50. The number of aromatic nitrogens is 2. The second kappa shape index (κ2) is 5.21. The molecule has 3 nitrogen and oxygen atoms in total. The van der Waals surface area contributed by atoms with Crippen molar-refractivity contribution in [3.63, 3.8) is 0 Å². The highest BCUT2D eigenvalue weighted by Gasteiger charge is 2.16. The van der Waals surface area contributed by atoms with E-state index in [1.165, 1.54) is 10.4 Å². The summed E-state index contributed by atoms with van der Waals surface area (Å²) in [6.45, 7) is 4.28. The predicted molar refractivity (Wildman–Crippen MR) is 82.6 cm³/mol. The average molecular weight is 284 g/mol. The van der Waals surface area contributed by atoms with E-state index in [-0.39, 0.29) is 0 Å². The van der Waals surface area contributed by atoms with Gasteiger partial charge < -0.3 is 0 Å². The Morgan fingerprint density at radius 2 is 1.95 bits per heavy atom. The van der Waals surface area contributed by atoms with E-state index >= 15 is 0 Å². The molecule has 0 unspecified atom stereocenters. The highest BCUT2D eigenvalue weighted by atomic mass is 32.1. The molecule has 0 fully saturated rings. The van der Waals surface area contributed by atoms with Crippen LogP contribution in [0.5, 0.6) is 0 Å². The molecule has 0 N–H and O–H groups in total. The van der Waals surface area contributed by atoms with Crippen LogP contribution in [0.25, 0.3) is 16.2 Å². The fraction of sp³-hybridized carbons (Fsp3) is 0.250. The number of thiazole rings is 1. The highest BCUT2D eigenvalue weighted by molar-refractivity contribution is 7.17. The Labute approximate surface area is 121 Å².